The molecule has 1 aliphatic heterocycles. The molecule has 1 heterocycles. The van der Waals surface area contributed by atoms with Crippen LogP contribution in [0.5, 0.6) is 0 Å². The highest BCUT2D eigenvalue weighted by Crippen LogP contribution is 2.15. The van der Waals surface area contributed by atoms with E-state index in [-0.39, 0.29) is 12.5 Å². The zero-order valence-electron chi connectivity index (χ0n) is 13.4. The predicted octanol–water partition coefficient (Wildman–Crippen LogP) is 3.91. The van der Waals surface area contributed by atoms with Crippen LogP contribution in [0, 0.1) is 5.92 Å². The van der Waals surface area contributed by atoms with Crippen LogP contribution in [0.3, 0.4) is 0 Å². The lowest BCUT2D eigenvalue weighted by Gasteiger charge is -2.14. The van der Waals surface area contributed by atoms with Crippen LogP contribution in [0.1, 0.15) is 77.6 Å². The lowest BCUT2D eigenvalue weighted by atomic mass is 9.99. The lowest BCUT2D eigenvalue weighted by molar-refractivity contribution is 0.251. The minimum atomic E-state index is 0.239. The van der Waals surface area contributed by atoms with Crippen molar-refractivity contribution < 1.29 is 5.11 Å². The van der Waals surface area contributed by atoms with Crippen molar-refractivity contribution in [3.05, 3.63) is 0 Å². The molecule has 1 unspecified atom stereocenters. The third kappa shape index (κ3) is 7.88. The number of aliphatic hydroxyl groups is 1. The number of aliphatic imine (C=N–C) groups is 1. The molecule has 3 heteroatoms. The lowest BCUT2D eigenvalue weighted by Crippen LogP contribution is -2.29. The number of nitrogens with one attached hydrogen (secondary N) is 1. The summed E-state index contributed by atoms with van der Waals surface area (Å²) < 4.78 is 0. The van der Waals surface area contributed by atoms with Crippen LogP contribution in [0.25, 0.3) is 0 Å². The number of amidine groups is 1. The second kappa shape index (κ2) is 12.2. The van der Waals surface area contributed by atoms with E-state index in [4.69, 9.17) is 0 Å². The maximum atomic E-state index is 9.41. The molecule has 1 rings (SSSR count). The molecule has 0 radical (unpaired) electrons. The number of rotatable bonds is 13. The summed E-state index contributed by atoms with van der Waals surface area (Å²) in [5.41, 5.74) is 0. The second-order valence-corrected chi connectivity index (χ2v) is 6.04. The van der Waals surface area contributed by atoms with E-state index in [1.54, 1.807) is 0 Å². The highest BCUT2D eigenvalue weighted by Gasteiger charge is 2.16. The fraction of sp³-hybridized carbons (Fsp3) is 0.941. The van der Waals surface area contributed by atoms with Gasteiger partial charge >= 0.3 is 0 Å². The molecule has 0 saturated heterocycles. The summed E-state index contributed by atoms with van der Waals surface area (Å²) in [7, 11) is 0. The number of nitrogens with zero attached hydrogens (tertiary/aromatic N) is 1. The Kier molecular flexibility index (Phi) is 10.7. The van der Waals surface area contributed by atoms with E-state index in [0.29, 0.717) is 0 Å². The quantitative estimate of drug-likeness (QED) is 0.503. The van der Waals surface area contributed by atoms with Crippen LogP contribution < -0.4 is 5.32 Å². The van der Waals surface area contributed by atoms with Gasteiger partial charge in [-0.05, 0) is 6.42 Å². The summed E-state index contributed by atoms with van der Waals surface area (Å²) in [6.07, 6.45) is 14.8. The molecule has 1 aliphatic rings. The minimum Gasteiger partial charge on any atom is -0.396 e. The first-order valence-corrected chi connectivity index (χ1v) is 8.77. The molecule has 20 heavy (non-hydrogen) atoms. The Balaban J connectivity index is 1.88. The highest BCUT2D eigenvalue weighted by molar-refractivity contribution is 5.85. The molecule has 0 fully saturated rings. The van der Waals surface area contributed by atoms with Crippen LogP contribution in [0.4, 0.5) is 0 Å². The van der Waals surface area contributed by atoms with Crippen molar-refractivity contribution in [2.75, 3.05) is 19.7 Å². The van der Waals surface area contributed by atoms with Gasteiger partial charge in [0.1, 0.15) is 5.84 Å². The Morgan fingerprint density at radius 2 is 1.60 bits per heavy atom. The van der Waals surface area contributed by atoms with Gasteiger partial charge in [-0.2, -0.15) is 0 Å². The Bertz CT molecular complexity index is 253. The van der Waals surface area contributed by atoms with E-state index >= 15 is 0 Å². The van der Waals surface area contributed by atoms with Gasteiger partial charge in [-0.25, -0.2) is 0 Å². The van der Waals surface area contributed by atoms with E-state index in [1.165, 1.54) is 64.2 Å². The second-order valence-electron chi connectivity index (χ2n) is 6.04. The molecule has 3 nitrogen and oxygen atoms in total. The number of hydrogen-bond donors (Lipinski definition) is 2. The van der Waals surface area contributed by atoms with Crippen molar-refractivity contribution in [2.45, 2.75) is 77.6 Å². The van der Waals surface area contributed by atoms with Gasteiger partial charge in [-0.1, -0.05) is 71.1 Å². The summed E-state index contributed by atoms with van der Waals surface area (Å²) in [5, 5.41) is 12.7. The number of aliphatic hydroxyl groups excluding tert-OH is 1. The largest absolute Gasteiger partial charge is 0.396 e. The minimum absolute atomic E-state index is 0.239. The molecular formula is C17H34N2O. The zero-order chi connectivity index (χ0) is 14.5. The smallest absolute Gasteiger partial charge is 0.102 e. The third-order valence-electron chi connectivity index (χ3n) is 4.21. The number of hydrogen-bond acceptors (Lipinski definition) is 3. The van der Waals surface area contributed by atoms with Crippen molar-refractivity contribution in [3.8, 4) is 0 Å². The molecule has 2 N–H and O–H groups in total. The fourth-order valence-electron chi connectivity index (χ4n) is 2.88. The van der Waals surface area contributed by atoms with Crippen molar-refractivity contribution in [2.24, 2.45) is 10.9 Å². The maximum absolute atomic E-state index is 9.41. The molecule has 0 aliphatic carbocycles. The fourth-order valence-corrected chi connectivity index (χ4v) is 2.88. The van der Waals surface area contributed by atoms with Crippen molar-refractivity contribution >= 4 is 5.84 Å². The van der Waals surface area contributed by atoms with Crippen molar-refractivity contribution in [1.29, 1.82) is 0 Å². The SMILES string of the molecule is CCCCCCCCCCCCC(CO)C1=NCCN1. The highest BCUT2D eigenvalue weighted by atomic mass is 16.3. The van der Waals surface area contributed by atoms with Crippen LogP contribution in [-0.2, 0) is 0 Å². The van der Waals surface area contributed by atoms with Gasteiger partial charge < -0.3 is 10.4 Å². The molecule has 0 aromatic carbocycles. The van der Waals surface area contributed by atoms with E-state index in [1.807, 2.05) is 0 Å². The topological polar surface area (TPSA) is 44.6 Å². The first-order chi connectivity index (χ1) is 9.88. The van der Waals surface area contributed by atoms with Gasteiger partial charge in [0.25, 0.3) is 0 Å². The normalized spacial score (nSPS) is 16.0. The Hall–Kier alpha value is -0.570. The van der Waals surface area contributed by atoms with Crippen LogP contribution in [0.2, 0.25) is 0 Å². The molecular weight excluding hydrogens is 248 g/mol. The van der Waals surface area contributed by atoms with E-state index in [0.717, 1.165) is 25.3 Å². The van der Waals surface area contributed by atoms with Gasteiger partial charge in [-0.15, -0.1) is 0 Å². The zero-order valence-corrected chi connectivity index (χ0v) is 13.4. The van der Waals surface area contributed by atoms with E-state index in [9.17, 15) is 5.11 Å². The van der Waals surface area contributed by atoms with Gasteiger partial charge in [0.05, 0.1) is 13.2 Å². The van der Waals surface area contributed by atoms with Crippen LogP contribution in [0.15, 0.2) is 4.99 Å². The van der Waals surface area contributed by atoms with E-state index in [2.05, 4.69) is 17.2 Å². The van der Waals surface area contributed by atoms with Crippen molar-refractivity contribution in [1.82, 2.24) is 5.32 Å². The monoisotopic (exact) mass is 282 g/mol. The Morgan fingerprint density at radius 3 is 2.10 bits per heavy atom. The summed E-state index contributed by atoms with van der Waals surface area (Å²) >= 11 is 0. The van der Waals surface area contributed by atoms with Gasteiger partial charge in [0, 0.05) is 12.5 Å². The third-order valence-corrected chi connectivity index (χ3v) is 4.21. The van der Waals surface area contributed by atoms with Crippen LogP contribution in [-0.4, -0.2) is 30.6 Å². The van der Waals surface area contributed by atoms with Gasteiger partial charge in [0.15, 0.2) is 0 Å². The number of unbranched alkanes of at least 4 members (excludes halogenated alkanes) is 9. The molecule has 118 valence electrons. The summed E-state index contributed by atoms with van der Waals surface area (Å²) in [6, 6.07) is 0. The predicted molar refractivity (Wildman–Crippen MR) is 87.3 cm³/mol. The molecule has 0 saturated carbocycles. The molecule has 0 aromatic heterocycles. The van der Waals surface area contributed by atoms with Gasteiger partial charge in [0.2, 0.25) is 0 Å². The molecule has 0 spiro atoms. The summed E-state index contributed by atoms with van der Waals surface area (Å²) in [6.45, 7) is 4.34. The first kappa shape index (κ1) is 17.5. The average molecular weight is 282 g/mol. The molecule has 0 aromatic rings. The molecule has 0 amide bonds. The standard InChI is InChI=1S/C17H34N2O/c1-2-3-4-5-6-7-8-9-10-11-12-16(15-20)17-18-13-14-19-17/h16,20H,2-15H2,1H3,(H,18,19). The van der Waals surface area contributed by atoms with Crippen LogP contribution >= 0.6 is 0 Å². The molecule has 1 atom stereocenters. The van der Waals surface area contributed by atoms with Crippen molar-refractivity contribution in [3.63, 3.8) is 0 Å². The Labute approximate surface area is 125 Å². The van der Waals surface area contributed by atoms with E-state index < -0.39 is 0 Å². The first-order valence-electron chi connectivity index (χ1n) is 8.77. The average Bonchev–Trinajstić information content (AvgIpc) is 2.99. The maximum Gasteiger partial charge on any atom is 0.102 e. The summed E-state index contributed by atoms with van der Waals surface area (Å²) in [5.74, 6) is 1.30. The molecule has 0 bridgehead atoms. The Morgan fingerprint density at radius 1 is 1.00 bits per heavy atom. The summed E-state index contributed by atoms with van der Waals surface area (Å²) in [4.78, 5) is 4.42. The van der Waals surface area contributed by atoms with Gasteiger partial charge in [-0.3, -0.25) is 4.99 Å².